The summed E-state index contributed by atoms with van der Waals surface area (Å²) in [6.07, 6.45) is -0.229. The Kier molecular flexibility index (Phi) is 7.61. The maximum Gasteiger partial charge on any atom is 0.407 e. The van der Waals surface area contributed by atoms with Gasteiger partial charge in [0.15, 0.2) is 0 Å². The van der Waals surface area contributed by atoms with Crippen molar-refractivity contribution in [2.75, 3.05) is 13.1 Å². The minimum atomic E-state index is -1.14. The summed E-state index contributed by atoms with van der Waals surface area (Å²) in [7, 11) is 0. The van der Waals surface area contributed by atoms with Crippen molar-refractivity contribution < 1.29 is 24.2 Å². The molecule has 0 aliphatic rings. The number of benzene rings is 2. The molecule has 2 aromatic carbocycles. The van der Waals surface area contributed by atoms with Crippen molar-refractivity contribution in [1.82, 2.24) is 15.2 Å². The first kappa shape index (κ1) is 24.8. The summed E-state index contributed by atoms with van der Waals surface area (Å²) in [6.45, 7) is 6.73. The molecule has 1 atom stereocenters. The fourth-order valence-corrected chi connectivity index (χ4v) is 3.72. The molecule has 0 aliphatic carbocycles. The van der Waals surface area contributed by atoms with Crippen LogP contribution in [-0.4, -0.2) is 57.7 Å². The van der Waals surface area contributed by atoms with Crippen LogP contribution in [0.2, 0.25) is 0 Å². The molecular weight excluding hydrogens is 434 g/mol. The van der Waals surface area contributed by atoms with Crippen molar-refractivity contribution in [2.24, 2.45) is 0 Å². The van der Waals surface area contributed by atoms with Gasteiger partial charge in [-0.05, 0) is 57.9 Å². The molecule has 8 nitrogen and oxygen atoms in total. The average molecular weight is 466 g/mol. The van der Waals surface area contributed by atoms with Gasteiger partial charge in [-0.2, -0.15) is 0 Å². The van der Waals surface area contributed by atoms with Crippen molar-refractivity contribution in [3.05, 3.63) is 71.4 Å². The van der Waals surface area contributed by atoms with Crippen LogP contribution in [0, 0.1) is 6.92 Å². The van der Waals surface area contributed by atoms with Gasteiger partial charge in [-0.15, -0.1) is 0 Å². The zero-order valence-corrected chi connectivity index (χ0v) is 19.9. The molecule has 3 aromatic rings. The first-order valence-electron chi connectivity index (χ1n) is 11.1. The van der Waals surface area contributed by atoms with Crippen LogP contribution in [0.4, 0.5) is 4.79 Å². The number of alkyl carbamates (subject to hydrolysis) is 1. The molecule has 0 spiro atoms. The smallest absolute Gasteiger partial charge is 0.407 e. The van der Waals surface area contributed by atoms with E-state index in [9.17, 15) is 19.5 Å². The Balaban J connectivity index is 1.86. The maximum atomic E-state index is 13.3. The largest absolute Gasteiger partial charge is 0.480 e. The number of carbonyl (C=O) groups is 3. The summed E-state index contributed by atoms with van der Waals surface area (Å²) in [5, 5.41) is 13.2. The zero-order valence-electron chi connectivity index (χ0n) is 19.9. The van der Waals surface area contributed by atoms with E-state index in [1.807, 2.05) is 55.5 Å². The molecule has 34 heavy (non-hydrogen) atoms. The molecule has 0 unspecified atom stereocenters. The monoisotopic (exact) mass is 465 g/mol. The molecule has 1 heterocycles. The lowest BCUT2D eigenvalue weighted by atomic mass is 10.1. The summed E-state index contributed by atoms with van der Waals surface area (Å²) >= 11 is 0. The third-order valence-corrected chi connectivity index (χ3v) is 5.11. The predicted octanol–water partition coefficient (Wildman–Crippen LogP) is 4.14. The van der Waals surface area contributed by atoms with Crippen LogP contribution in [0.1, 0.15) is 42.4 Å². The molecule has 0 saturated heterocycles. The summed E-state index contributed by atoms with van der Waals surface area (Å²) in [4.78, 5) is 41.7. The van der Waals surface area contributed by atoms with Crippen molar-refractivity contribution in [2.45, 2.75) is 45.8 Å². The third-order valence-electron chi connectivity index (χ3n) is 5.11. The average Bonchev–Trinajstić information content (AvgIpc) is 3.14. The van der Waals surface area contributed by atoms with Gasteiger partial charge in [-0.1, -0.05) is 42.0 Å². The van der Waals surface area contributed by atoms with E-state index in [1.54, 1.807) is 26.8 Å². The highest BCUT2D eigenvalue weighted by Crippen LogP contribution is 2.19. The number of nitrogens with zero attached hydrogens (tertiary/aromatic N) is 1. The van der Waals surface area contributed by atoms with E-state index >= 15 is 0 Å². The van der Waals surface area contributed by atoms with E-state index in [2.05, 4.69) is 10.3 Å². The second-order valence-corrected chi connectivity index (χ2v) is 9.39. The number of aromatic amines is 1. The molecule has 2 amide bonds. The molecule has 3 N–H and O–H groups in total. The van der Waals surface area contributed by atoms with Crippen LogP contribution >= 0.6 is 0 Å². The number of H-pyrrole nitrogens is 1. The van der Waals surface area contributed by atoms with E-state index in [-0.39, 0.29) is 12.2 Å². The van der Waals surface area contributed by atoms with Gasteiger partial charge >= 0.3 is 12.1 Å². The van der Waals surface area contributed by atoms with Crippen LogP contribution < -0.4 is 5.32 Å². The number of aryl methyl sites for hydroxylation is 1. The van der Waals surface area contributed by atoms with Gasteiger partial charge in [0.05, 0.1) is 6.04 Å². The number of ether oxygens (including phenoxy) is 1. The molecule has 0 bridgehead atoms. The molecular formula is C26H31N3O5. The summed E-state index contributed by atoms with van der Waals surface area (Å²) in [5.74, 6) is -1.60. The number of fused-ring (bicyclic) bond motifs is 1. The number of carbonyl (C=O) groups excluding carboxylic acids is 2. The third kappa shape index (κ3) is 7.10. The summed E-state index contributed by atoms with van der Waals surface area (Å²) in [6, 6.07) is 16.4. The molecule has 0 aliphatic heterocycles. The van der Waals surface area contributed by atoms with Crippen LogP contribution in [0.25, 0.3) is 10.9 Å². The number of aliphatic carboxylic acids is 1. The second kappa shape index (κ2) is 10.4. The standard InChI is InChI=1S/C26H31N3O5/c1-17-10-11-21-19(12-17)14-22(28-21)24(32)29(16-23(30)31)15-20(13-18-8-6-5-7-9-18)27-25(33)34-26(2,3)4/h5-12,14,20,28H,13,15-16H2,1-4H3,(H,27,33)(H,30,31)/t20-/m0/s1. The highest BCUT2D eigenvalue weighted by atomic mass is 16.6. The Hall–Kier alpha value is -3.81. The van der Waals surface area contributed by atoms with Gasteiger partial charge in [0, 0.05) is 17.4 Å². The van der Waals surface area contributed by atoms with E-state index in [4.69, 9.17) is 4.74 Å². The van der Waals surface area contributed by atoms with Gasteiger partial charge in [0.1, 0.15) is 17.8 Å². The molecule has 8 heteroatoms. The highest BCUT2D eigenvalue weighted by Gasteiger charge is 2.26. The number of rotatable bonds is 8. The molecule has 0 fully saturated rings. The van der Waals surface area contributed by atoms with E-state index in [0.29, 0.717) is 6.42 Å². The van der Waals surface area contributed by atoms with Gasteiger partial charge in [-0.25, -0.2) is 4.79 Å². The van der Waals surface area contributed by atoms with Gasteiger partial charge in [-0.3, -0.25) is 9.59 Å². The van der Waals surface area contributed by atoms with Crippen LogP contribution in [0.5, 0.6) is 0 Å². The highest BCUT2D eigenvalue weighted by molar-refractivity contribution is 5.99. The number of nitrogens with one attached hydrogen (secondary N) is 2. The van der Waals surface area contributed by atoms with Crippen molar-refractivity contribution in [1.29, 1.82) is 0 Å². The Labute approximate surface area is 198 Å². The predicted molar refractivity (Wildman–Crippen MR) is 130 cm³/mol. The van der Waals surface area contributed by atoms with Crippen LogP contribution in [0.3, 0.4) is 0 Å². The molecule has 3 rings (SSSR count). The lowest BCUT2D eigenvalue weighted by molar-refractivity contribution is -0.137. The minimum absolute atomic E-state index is 0.00629. The van der Waals surface area contributed by atoms with Crippen LogP contribution in [-0.2, 0) is 16.0 Å². The maximum absolute atomic E-state index is 13.3. The summed E-state index contributed by atoms with van der Waals surface area (Å²) < 4.78 is 5.39. The van der Waals surface area contributed by atoms with Gasteiger partial charge in [0.25, 0.3) is 5.91 Å². The summed E-state index contributed by atoms with van der Waals surface area (Å²) in [5.41, 5.74) is 2.37. The number of carboxylic acid groups (broad SMARTS) is 1. The zero-order chi connectivity index (χ0) is 24.9. The topological polar surface area (TPSA) is 112 Å². The SMILES string of the molecule is Cc1ccc2[nH]c(C(=O)N(CC(=O)O)C[C@H](Cc3ccccc3)NC(=O)OC(C)(C)C)cc2c1. The Morgan fingerprint density at radius 2 is 1.79 bits per heavy atom. The molecule has 0 radical (unpaired) electrons. The van der Waals surface area contributed by atoms with Crippen molar-refractivity contribution >= 4 is 28.9 Å². The molecule has 0 saturated carbocycles. The lowest BCUT2D eigenvalue weighted by Crippen LogP contribution is -2.49. The van der Waals surface area contributed by atoms with Crippen molar-refractivity contribution in [3.63, 3.8) is 0 Å². The normalized spacial score (nSPS) is 12.2. The fourth-order valence-electron chi connectivity index (χ4n) is 3.72. The number of hydrogen-bond acceptors (Lipinski definition) is 4. The first-order valence-corrected chi connectivity index (χ1v) is 11.1. The number of amides is 2. The Morgan fingerprint density at radius 3 is 2.44 bits per heavy atom. The van der Waals surface area contributed by atoms with Crippen molar-refractivity contribution in [3.8, 4) is 0 Å². The quantitative estimate of drug-likeness (QED) is 0.463. The fraction of sp³-hybridized carbons (Fsp3) is 0.346. The Morgan fingerprint density at radius 1 is 1.09 bits per heavy atom. The van der Waals surface area contributed by atoms with Gasteiger partial charge < -0.3 is 25.0 Å². The van der Waals surface area contributed by atoms with Gasteiger partial charge in [0.2, 0.25) is 0 Å². The van der Waals surface area contributed by atoms with E-state index in [0.717, 1.165) is 22.0 Å². The number of hydrogen-bond donors (Lipinski definition) is 3. The Bertz CT molecular complexity index is 1160. The second-order valence-electron chi connectivity index (χ2n) is 9.39. The minimum Gasteiger partial charge on any atom is -0.480 e. The lowest BCUT2D eigenvalue weighted by Gasteiger charge is -2.28. The number of aromatic nitrogens is 1. The van der Waals surface area contributed by atoms with E-state index in [1.165, 1.54) is 4.90 Å². The number of carboxylic acids is 1. The van der Waals surface area contributed by atoms with Crippen LogP contribution in [0.15, 0.2) is 54.6 Å². The molecule has 1 aromatic heterocycles. The van der Waals surface area contributed by atoms with E-state index < -0.39 is 36.2 Å². The molecule has 180 valence electrons. The first-order chi connectivity index (χ1) is 16.0.